The van der Waals surface area contributed by atoms with E-state index in [0.717, 1.165) is 11.1 Å². The SMILES string of the molecule is O=C(NCC(O)c1ccccc1)c1cccc(CCl)c1. The van der Waals surface area contributed by atoms with Crippen LogP contribution in [0.5, 0.6) is 0 Å². The molecule has 104 valence electrons. The number of aliphatic hydroxyl groups excluding tert-OH is 1. The van der Waals surface area contributed by atoms with Crippen molar-refractivity contribution in [3.63, 3.8) is 0 Å². The summed E-state index contributed by atoms with van der Waals surface area (Å²) in [5.74, 6) is 0.153. The second-order valence-corrected chi connectivity index (χ2v) is 4.74. The number of rotatable bonds is 5. The van der Waals surface area contributed by atoms with Crippen molar-refractivity contribution in [3.8, 4) is 0 Å². The number of aliphatic hydroxyl groups is 1. The van der Waals surface area contributed by atoms with E-state index in [4.69, 9.17) is 11.6 Å². The van der Waals surface area contributed by atoms with Gasteiger partial charge in [0.25, 0.3) is 5.91 Å². The molecule has 1 amide bonds. The second kappa shape index (κ2) is 7.08. The van der Waals surface area contributed by atoms with Gasteiger partial charge < -0.3 is 10.4 Å². The minimum atomic E-state index is -0.712. The molecule has 0 bridgehead atoms. The molecule has 0 fully saturated rings. The van der Waals surface area contributed by atoms with Crippen LogP contribution in [0.4, 0.5) is 0 Å². The van der Waals surface area contributed by atoms with Gasteiger partial charge in [-0.1, -0.05) is 42.5 Å². The van der Waals surface area contributed by atoms with Crippen LogP contribution in [-0.2, 0) is 5.88 Å². The van der Waals surface area contributed by atoms with Gasteiger partial charge in [0.15, 0.2) is 0 Å². The molecule has 20 heavy (non-hydrogen) atoms. The predicted octanol–water partition coefficient (Wildman–Crippen LogP) is 2.89. The summed E-state index contributed by atoms with van der Waals surface area (Å²) in [6, 6.07) is 16.4. The molecule has 2 rings (SSSR count). The topological polar surface area (TPSA) is 49.3 Å². The van der Waals surface area contributed by atoms with Crippen LogP contribution >= 0.6 is 11.6 Å². The van der Waals surface area contributed by atoms with Gasteiger partial charge in [0.05, 0.1) is 6.10 Å². The number of alkyl halides is 1. The highest BCUT2D eigenvalue weighted by atomic mass is 35.5. The summed E-state index contributed by atoms with van der Waals surface area (Å²) in [6.45, 7) is 0.175. The molecule has 0 heterocycles. The molecular weight excluding hydrogens is 274 g/mol. The van der Waals surface area contributed by atoms with Gasteiger partial charge in [-0.3, -0.25) is 4.79 Å². The molecule has 1 atom stereocenters. The van der Waals surface area contributed by atoms with Gasteiger partial charge in [-0.15, -0.1) is 11.6 Å². The molecule has 3 nitrogen and oxygen atoms in total. The lowest BCUT2D eigenvalue weighted by Gasteiger charge is -2.12. The summed E-state index contributed by atoms with van der Waals surface area (Å²) in [5, 5.41) is 12.7. The standard InChI is InChI=1S/C16H16ClNO2/c17-10-12-5-4-8-14(9-12)16(20)18-11-15(19)13-6-2-1-3-7-13/h1-9,15,19H,10-11H2,(H,18,20). The zero-order valence-electron chi connectivity index (χ0n) is 10.9. The fourth-order valence-electron chi connectivity index (χ4n) is 1.88. The van der Waals surface area contributed by atoms with Crippen molar-refractivity contribution in [1.82, 2.24) is 5.32 Å². The van der Waals surface area contributed by atoms with E-state index in [0.29, 0.717) is 11.4 Å². The number of nitrogens with one attached hydrogen (secondary N) is 1. The van der Waals surface area contributed by atoms with Crippen molar-refractivity contribution < 1.29 is 9.90 Å². The quantitative estimate of drug-likeness (QED) is 0.832. The highest BCUT2D eigenvalue weighted by Crippen LogP contribution is 2.11. The molecule has 2 aromatic rings. The van der Waals surface area contributed by atoms with Crippen LogP contribution in [0.15, 0.2) is 54.6 Å². The summed E-state index contributed by atoms with van der Waals surface area (Å²) < 4.78 is 0. The number of carbonyl (C=O) groups is 1. The molecule has 1 unspecified atom stereocenters. The molecule has 2 aromatic carbocycles. The number of benzene rings is 2. The first kappa shape index (κ1) is 14.6. The maximum Gasteiger partial charge on any atom is 0.251 e. The van der Waals surface area contributed by atoms with Crippen LogP contribution in [0, 0.1) is 0 Å². The van der Waals surface area contributed by atoms with E-state index < -0.39 is 6.10 Å². The number of carbonyl (C=O) groups excluding carboxylic acids is 1. The largest absolute Gasteiger partial charge is 0.387 e. The first-order valence-corrected chi connectivity index (χ1v) is 6.90. The van der Waals surface area contributed by atoms with Gasteiger partial charge in [-0.25, -0.2) is 0 Å². The molecule has 0 saturated heterocycles. The first-order chi connectivity index (χ1) is 9.70. The Morgan fingerprint density at radius 2 is 1.90 bits per heavy atom. The average molecular weight is 290 g/mol. The lowest BCUT2D eigenvalue weighted by atomic mass is 10.1. The Hall–Kier alpha value is -1.84. The van der Waals surface area contributed by atoms with Crippen LogP contribution in [0.3, 0.4) is 0 Å². The number of hydrogen-bond donors (Lipinski definition) is 2. The Balaban J connectivity index is 1.95. The van der Waals surface area contributed by atoms with Gasteiger partial charge >= 0.3 is 0 Å². The van der Waals surface area contributed by atoms with Crippen LogP contribution < -0.4 is 5.32 Å². The lowest BCUT2D eigenvalue weighted by Crippen LogP contribution is -2.28. The molecule has 0 saturated carbocycles. The van der Waals surface area contributed by atoms with E-state index in [-0.39, 0.29) is 12.5 Å². The Morgan fingerprint density at radius 1 is 1.15 bits per heavy atom. The lowest BCUT2D eigenvalue weighted by molar-refractivity contribution is 0.0916. The van der Waals surface area contributed by atoms with E-state index in [9.17, 15) is 9.90 Å². The summed E-state index contributed by atoms with van der Waals surface area (Å²) in [4.78, 5) is 12.0. The maximum absolute atomic E-state index is 12.0. The van der Waals surface area contributed by atoms with Gasteiger partial charge in [-0.05, 0) is 23.3 Å². The Morgan fingerprint density at radius 3 is 2.60 bits per heavy atom. The third-order valence-electron chi connectivity index (χ3n) is 2.98. The van der Waals surface area contributed by atoms with Crippen molar-refractivity contribution in [1.29, 1.82) is 0 Å². The van der Waals surface area contributed by atoms with Crippen LogP contribution in [0.25, 0.3) is 0 Å². The predicted molar refractivity (Wildman–Crippen MR) is 79.7 cm³/mol. The monoisotopic (exact) mass is 289 g/mol. The van der Waals surface area contributed by atoms with Gasteiger partial charge in [-0.2, -0.15) is 0 Å². The fourth-order valence-corrected chi connectivity index (χ4v) is 2.05. The Labute approximate surface area is 123 Å². The number of hydrogen-bond acceptors (Lipinski definition) is 2. The van der Waals surface area contributed by atoms with Gasteiger partial charge in [0, 0.05) is 18.0 Å². The molecule has 0 aliphatic carbocycles. The van der Waals surface area contributed by atoms with Crippen molar-refractivity contribution in [2.45, 2.75) is 12.0 Å². The third kappa shape index (κ3) is 3.83. The van der Waals surface area contributed by atoms with Crippen molar-refractivity contribution in [2.24, 2.45) is 0 Å². The molecule has 4 heteroatoms. The minimum absolute atomic E-state index is 0.175. The molecule has 0 spiro atoms. The van der Waals surface area contributed by atoms with Crippen molar-refractivity contribution >= 4 is 17.5 Å². The summed E-state index contributed by atoms with van der Waals surface area (Å²) in [6.07, 6.45) is -0.712. The van der Waals surface area contributed by atoms with E-state index >= 15 is 0 Å². The van der Waals surface area contributed by atoms with E-state index in [1.54, 1.807) is 18.2 Å². The molecule has 0 aliphatic heterocycles. The molecular formula is C16H16ClNO2. The zero-order valence-corrected chi connectivity index (χ0v) is 11.7. The van der Waals surface area contributed by atoms with E-state index in [1.165, 1.54) is 0 Å². The highest BCUT2D eigenvalue weighted by molar-refractivity contribution is 6.17. The van der Waals surface area contributed by atoms with E-state index in [1.807, 2.05) is 36.4 Å². The fraction of sp³-hybridized carbons (Fsp3) is 0.188. The molecule has 0 radical (unpaired) electrons. The molecule has 0 aliphatic rings. The third-order valence-corrected chi connectivity index (χ3v) is 3.29. The van der Waals surface area contributed by atoms with Crippen LogP contribution in [-0.4, -0.2) is 17.6 Å². The zero-order chi connectivity index (χ0) is 14.4. The van der Waals surface area contributed by atoms with Crippen molar-refractivity contribution in [3.05, 3.63) is 71.3 Å². The first-order valence-electron chi connectivity index (χ1n) is 6.37. The number of amides is 1. The highest BCUT2D eigenvalue weighted by Gasteiger charge is 2.10. The molecule has 0 aromatic heterocycles. The Kier molecular flexibility index (Phi) is 5.16. The second-order valence-electron chi connectivity index (χ2n) is 4.47. The van der Waals surface area contributed by atoms with Crippen LogP contribution in [0.1, 0.15) is 27.6 Å². The normalized spacial score (nSPS) is 11.9. The van der Waals surface area contributed by atoms with Crippen molar-refractivity contribution in [2.75, 3.05) is 6.54 Å². The van der Waals surface area contributed by atoms with Crippen LogP contribution in [0.2, 0.25) is 0 Å². The summed E-state index contributed by atoms with van der Waals surface area (Å²) >= 11 is 5.74. The Bertz CT molecular complexity index is 572. The smallest absolute Gasteiger partial charge is 0.251 e. The summed E-state index contributed by atoms with van der Waals surface area (Å²) in [7, 11) is 0. The molecule has 2 N–H and O–H groups in total. The van der Waals surface area contributed by atoms with Gasteiger partial charge in [0.2, 0.25) is 0 Å². The average Bonchev–Trinajstić information content (AvgIpc) is 2.53. The maximum atomic E-state index is 12.0. The van der Waals surface area contributed by atoms with Gasteiger partial charge in [0.1, 0.15) is 0 Å². The number of halogens is 1. The minimum Gasteiger partial charge on any atom is -0.387 e. The van der Waals surface area contributed by atoms with E-state index in [2.05, 4.69) is 5.32 Å². The summed E-state index contributed by atoms with van der Waals surface area (Å²) in [5.41, 5.74) is 2.22.